The Morgan fingerprint density at radius 3 is 1.60 bits per heavy atom. The van der Waals surface area contributed by atoms with Crippen LogP contribution in [0.4, 0.5) is 0 Å². The summed E-state index contributed by atoms with van der Waals surface area (Å²) in [5.74, 6) is 0.110. The summed E-state index contributed by atoms with van der Waals surface area (Å²) < 4.78 is 0.985. The highest BCUT2D eigenvalue weighted by molar-refractivity contribution is 9.10. The lowest BCUT2D eigenvalue weighted by Gasteiger charge is -2.19. The van der Waals surface area contributed by atoms with E-state index in [0.717, 1.165) is 26.5 Å². The largest absolute Gasteiger partial charge is 0.289 e. The average molecular weight is 320 g/mol. The summed E-state index contributed by atoms with van der Waals surface area (Å²) >= 11 is 3.40. The molecule has 2 aromatic rings. The van der Waals surface area contributed by atoms with Crippen LogP contribution in [0.5, 0.6) is 0 Å². The molecular weight excluding hydrogens is 306 g/mol. The van der Waals surface area contributed by atoms with E-state index in [9.17, 15) is 4.79 Å². The first kappa shape index (κ1) is 15.3. The Morgan fingerprint density at radius 1 is 0.750 bits per heavy atom. The molecule has 0 spiro atoms. The molecular formula is C13H14B5BrO. The highest BCUT2D eigenvalue weighted by Crippen LogP contribution is 2.12. The van der Waals surface area contributed by atoms with E-state index in [1.54, 1.807) is 0 Å². The maximum absolute atomic E-state index is 12.8. The second-order valence-electron chi connectivity index (χ2n) is 5.34. The third kappa shape index (κ3) is 2.56. The van der Waals surface area contributed by atoms with Gasteiger partial charge in [-0.1, -0.05) is 26.9 Å². The molecule has 0 amide bonds. The number of hydrogen-bond acceptors (Lipinski definition) is 1. The molecule has 0 unspecified atom stereocenters. The fourth-order valence-electron chi connectivity index (χ4n) is 2.59. The second-order valence-corrected chi connectivity index (χ2v) is 6.25. The molecule has 1 nitrogen and oxygen atoms in total. The Balaban J connectivity index is 2.64. The third-order valence-corrected chi connectivity index (χ3v) is 4.86. The zero-order valence-electron chi connectivity index (χ0n) is 12.6. The van der Waals surface area contributed by atoms with E-state index in [1.807, 2.05) is 40.0 Å². The fraction of sp³-hybridized carbons (Fsp3) is 0. The van der Waals surface area contributed by atoms with Gasteiger partial charge in [-0.2, -0.15) is 0 Å². The third-order valence-electron chi connectivity index (χ3n) is 4.33. The molecule has 2 rings (SSSR count). The minimum atomic E-state index is 0.110. The maximum Gasteiger partial charge on any atom is 0.191 e. The van der Waals surface area contributed by atoms with Gasteiger partial charge in [-0.25, -0.2) is 0 Å². The highest BCUT2D eigenvalue weighted by atomic mass is 79.9. The van der Waals surface area contributed by atoms with Crippen LogP contribution in [0, 0.1) is 0 Å². The first-order chi connectivity index (χ1) is 9.34. The van der Waals surface area contributed by atoms with Crippen molar-refractivity contribution < 1.29 is 4.79 Å². The number of halogens is 1. The van der Waals surface area contributed by atoms with Crippen molar-refractivity contribution in [2.45, 2.75) is 0 Å². The summed E-state index contributed by atoms with van der Waals surface area (Å²) in [6.07, 6.45) is 0. The Hall–Kier alpha value is -1.09. The Kier molecular flexibility index (Phi) is 4.38. The molecule has 0 heterocycles. The number of benzene rings is 2. The number of carbonyl (C=O) groups is 1. The van der Waals surface area contributed by atoms with Crippen molar-refractivity contribution in [3.63, 3.8) is 0 Å². The van der Waals surface area contributed by atoms with Crippen molar-refractivity contribution >= 4 is 88.3 Å². The van der Waals surface area contributed by atoms with Crippen LogP contribution >= 0.6 is 15.9 Å². The minimum Gasteiger partial charge on any atom is -0.289 e. The van der Waals surface area contributed by atoms with E-state index < -0.39 is 0 Å². The molecule has 0 bridgehead atoms. The summed E-state index contributed by atoms with van der Waals surface area (Å²) in [6, 6.07) is 7.56. The van der Waals surface area contributed by atoms with Crippen LogP contribution in [0.1, 0.15) is 15.9 Å². The Morgan fingerprint density at radius 2 is 1.15 bits per heavy atom. The SMILES string of the molecule is Bc1c(B)c(B)c(C(=O)c2ccc(Br)cc2)c(B)c1B. The summed E-state index contributed by atoms with van der Waals surface area (Å²) in [6.45, 7) is 0. The molecule has 0 radical (unpaired) electrons. The van der Waals surface area contributed by atoms with E-state index in [-0.39, 0.29) is 5.78 Å². The highest BCUT2D eigenvalue weighted by Gasteiger charge is 2.18. The van der Waals surface area contributed by atoms with Gasteiger partial charge in [0.1, 0.15) is 39.2 Å². The van der Waals surface area contributed by atoms with Crippen molar-refractivity contribution in [2.24, 2.45) is 0 Å². The number of carbonyl (C=O) groups excluding carboxylic acids is 1. The van der Waals surface area contributed by atoms with Gasteiger partial charge in [0, 0.05) is 15.6 Å². The summed E-state index contributed by atoms with van der Waals surface area (Å²) in [5.41, 5.74) is 7.50. The van der Waals surface area contributed by atoms with Gasteiger partial charge in [-0.15, -0.1) is 16.4 Å². The molecule has 0 aliphatic heterocycles. The molecule has 0 aliphatic rings. The van der Waals surface area contributed by atoms with E-state index in [4.69, 9.17) is 0 Å². The smallest absolute Gasteiger partial charge is 0.191 e. The zero-order valence-corrected chi connectivity index (χ0v) is 14.2. The Bertz CT molecular complexity index is 668. The topological polar surface area (TPSA) is 17.1 Å². The first-order valence-electron chi connectivity index (χ1n) is 6.71. The molecule has 0 saturated carbocycles. The van der Waals surface area contributed by atoms with Crippen LogP contribution in [-0.4, -0.2) is 45.0 Å². The summed E-state index contributed by atoms with van der Waals surface area (Å²) in [5, 5.41) is 0. The first-order valence-corrected chi connectivity index (χ1v) is 7.51. The molecule has 0 saturated heterocycles. The van der Waals surface area contributed by atoms with Gasteiger partial charge < -0.3 is 0 Å². The second kappa shape index (κ2) is 5.73. The van der Waals surface area contributed by atoms with Gasteiger partial charge in [0.15, 0.2) is 5.78 Å². The van der Waals surface area contributed by atoms with E-state index in [1.165, 1.54) is 16.4 Å². The van der Waals surface area contributed by atoms with Gasteiger partial charge in [0.2, 0.25) is 0 Å². The van der Waals surface area contributed by atoms with Crippen molar-refractivity contribution in [2.75, 3.05) is 0 Å². The monoisotopic (exact) mass is 320 g/mol. The normalized spacial score (nSPS) is 10.4. The van der Waals surface area contributed by atoms with Crippen molar-refractivity contribution in [1.29, 1.82) is 0 Å². The standard InChI is InChI=1S/C13H14B5BrO/c14-8-7(9(15)11(17)12(18)10(8)16)13(20)5-1-3-6(19)4-2-5/h1-4H,14-18H2. The predicted molar refractivity (Wildman–Crippen MR) is 105 cm³/mol. The lowest BCUT2D eigenvalue weighted by atomic mass is 9.60. The van der Waals surface area contributed by atoms with Crippen LogP contribution in [0.15, 0.2) is 28.7 Å². The molecule has 0 atom stereocenters. The number of rotatable bonds is 2. The molecule has 2 aromatic carbocycles. The van der Waals surface area contributed by atoms with Gasteiger partial charge in [0.05, 0.1) is 0 Å². The summed E-state index contributed by atoms with van der Waals surface area (Å²) in [7, 11) is 10.4. The molecule has 94 valence electrons. The van der Waals surface area contributed by atoms with Gasteiger partial charge >= 0.3 is 0 Å². The molecule has 0 N–H and O–H groups in total. The van der Waals surface area contributed by atoms with Gasteiger partial charge in [-0.3, -0.25) is 4.79 Å². The zero-order chi connectivity index (χ0) is 15.0. The lowest BCUT2D eigenvalue weighted by Crippen LogP contribution is -2.57. The quantitative estimate of drug-likeness (QED) is 0.400. The maximum atomic E-state index is 12.8. The number of ketones is 1. The molecule has 0 aromatic heterocycles. The van der Waals surface area contributed by atoms with Crippen LogP contribution < -0.4 is 27.3 Å². The summed E-state index contributed by atoms with van der Waals surface area (Å²) in [4.78, 5) is 12.8. The molecule has 7 heteroatoms. The van der Waals surface area contributed by atoms with Gasteiger partial charge in [-0.05, 0) is 24.3 Å². The van der Waals surface area contributed by atoms with Crippen molar-refractivity contribution in [1.82, 2.24) is 0 Å². The molecule has 0 aliphatic carbocycles. The Labute approximate surface area is 133 Å². The average Bonchev–Trinajstić information content (AvgIpc) is 2.44. The molecule has 0 fully saturated rings. The molecule has 20 heavy (non-hydrogen) atoms. The van der Waals surface area contributed by atoms with Crippen molar-refractivity contribution in [3.8, 4) is 0 Å². The van der Waals surface area contributed by atoms with Crippen LogP contribution in [0.25, 0.3) is 0 Å². The van der Waals surface area contributed by atoms with E-state index in [2.05, 4.69) is 39.5 Å². The predicted octanol–water partition coefficient (Wildman–Crippen LogP) is -5.03. The fourth-order valence-corrected chi connectivity index (χ4v) is 2.85. The van der Waals surface area contributed by atoms with Crippen molar-refractivity contribution in [3.05, 3.63) is 39.9 Å². The van der Waals surface area contributed by atoms with Gasteiger partial charge in [0.25, 0.3) is 0 Å². The van der Waals surface area contributed by atoms with E-state index >= 15 is 0 Å². The minimum absolute atomic E-state index is 0.110. The van der Waals surface area contributed by atoms with Crippen LogP contribution in [0.2, 0.25) is 0 Å². The lowest BCUT2D eigenvalue weighted by molar-refractivity contribution is 0.104. The van der Waals surface area contributed by atoms with E-state index in [0.29, 0.717) is 0 Å². The van der Waals surface area contributed by atoms with Crippen LogP contribution in [0.3, 0.4) is 0 Å². The van der Waals surface area contributed by atoms with Crippen LogP contribution in [-0.2, 0) is 0 Å². The number of hydrogen-bond donors (Lipinski definition) is 0.